The highest BCUT2D eigenvalue weighted by Gasteiger charge is 2.32. The summed E-state index contributed by atoms with van der Waals surface area (Å²) in [6, 6.07) is 0. The van der Waals surface area contributed by atoms with Crippen LogP contribution >= 0.6 is 0 Å². The Hall–Kier alpha value is -1.40. The second-order valence-electron chi connectivity index (χ2n) is 3.04. The van der Waals surface area contributed by atoms with E-state index in [-0.39, 0.29) is 0 Å². The number of rotatable bonds is 4. The van der Waals surface area contributed by atoms with E-state index in [9.17, 15) is 9.59 Å². The molecule has 2 atom stereocenters. The number of methoxy groups -OCH3 is 1. The van der Waals surface area contributed by atoms with E-state index in [0.717, 1.165) is 13.4 Å². The molecule has 86 valence electrons. The third-order valence-electron chi connectivity index (χ3n) is 1.39. The van der Waals surface area contributed by atoms with E-state index < -0.39 is 24.1 Å². The smallest absolute Gasteiger partial charge is 0.343 e. The van der Waals surface area contributed by atoms with Gasteiger partial charge >= 0.3 is 11.9 Å². The van der Waals surface area contributed by atoms with Gasteiger partial charge in [-0.2, -0.15) is 0 Å². The molecule has 15 heavy (non-hydrogen) atoms. The Balaban J connectivity index is 4.32. The van der Waals surface area contributed by atoms with Crippen LogP contribution in [0.4, 0.5) is 0 Å². The third kappa shape index (κ3) is 4.57. The number of carbonyl (C=O) groups excluding carboxylic acids is 2. The van der Waals surface area contributed by atoms with Crippen molar-refractivity contribution in [1.82, 2.24) is 0 Å². The summed E-state index contributed by atoms with van der Waals surface area (Å²) in [5, 5.41) is 18.2. The fraction of sp³-hybridized carbons (Fsp3) is 0.556. The maximum absolute atomic E-state index is 11.0. The molecule has 0 rings (SSSR count). The summed E-state index contributed by atoms with van der Waals surface area (Å²) in [6.45, 7) is 3.35. The van der Waals surface area contributed by atoms with Crippen LogP contribution in [0.15, 0.2) is 11.8 Å². The summed E-state index contributed by atoms with van der Waals surface area (Å²) >= 11 is 0. The van der Waals surface area contributed by atoms with Gasteiger partial charge in [-0.05, 0) is 19.4 Å². The quantitative estimate of drug-likeness (QED) is 0.481. The van der Waals surface area contributed by atoms with Gasteiger partial charge in [0.1, 0.15) is 0 Å². The minimum absolute atomic E-state index is 0.697. The molecular weight excluding hydrogens is 204 g/mol. The highest BCUT2D eigenvalue weighted by molar-refractivity contribution is 5.85. The average Bonchev–Trinajstić information content (AvgIpc) is 2.22. The predicted octanol–water partition coefficient (Wildman–Crippen LogP) is -0.652. The first-order valence-electron chi connectivity index (χ1n) is 4.18. The van der Waals surface area contributed by atoms with Crippen molar-refractivity contribution in [3.05, 3.63) is 11.8 Å². The second-order valence-corrected chi connectivity index (χ2v) is 3.04. The van der Waals surface area contributed by atoms with Gasteiger partial charge in [-0.1, -0.05) is 0 Å². The molecule has 0 fully saturated rings. The fourth-order valence-electron chi connectivity index (χ4n) is 0.624. The largest absolute Gasteiger partial charge is 0.467 e. The van der Waals surface area contributed by atoms with Crippen LogP contribution in [-0.2, 0) is 19.1 Å². The van der Waals surface area contributed by atoms with E-state index >= 15 is 0 Å². The summed E-state index contributed by atoms with van der Waals surface area (Å²) in [6.07, 6.45) is -2.78. The van der Waals surface area contributed by atoms with Crippen LogP contribution in [0.3, 0.4) is 0 Å². The first-order valence-corrected chi connectivity index (χ1v) is 4.18. The van der Waals surface area contributed by atoms with Gasteiger partial charge in [-0.3, -0.25) is 0 Å². The van der Waals surface area contributed by atoms with Crippen LogP contribution in [0.25, 0.3) is 0 Å². The lowest BCUT2D eigenvalue weighted by molar-refractivity contribution is -0.168. The van der Waals surface area contributed by atoms with Gasteiger partial charge in [0.2, 0.25) is 0 Å². The first kappa shape index (κ1) is 13.6. The number of aliphatic hydroxyl groups excluding tert-OH is 2. The average molecular weight is 218 g/mol. The normalized spacial score (nSPS) is 13.7. The Morgan fingerprint density at radius 1 is 1.13 bits per heavy atom. The molecule has 0 aromatic carbocycles. The van der Waals surface area contributed by atoms with Crippen molar-refractivity contribution in [1.29, 1.82) is 0 Å². The highest BCUT2D eigenvalue weighted by Crippen LogP contribution is 2.00. The van der Waals surface area contributed by atoms with Gasteiger partial charge < -0.3 is 19.7 Å². The lowest BCUT2D eigenvalue weighted by atomic mass is 10.2. The van der Waals surface area contributed by atoms with Crippen LogP contribution in [0.1, 0.15) is 13.8 Å². The molecule has 0 aromatic rings. The zero-order chi connectivity index (χ0) is 12.0. The Morgan fingerprint density at radius 3 is 2.00 bits per heavy atom. The zero-order valence-electron chi connectivity index (χ0n) is 8.76. The van der Waals surface area contributed by atoms with Crippen molar-refractivity contribution in [2.24, 2.45) is 0 Å². The van der Waals surface area contributed by atoms with Gasteiger partial charge in [0, 0.05) is 0 Å². The third-order valence-corrected chi connectivity index (χ3v) is 1.39. The molecule has 0 amide bonds. The standard InChI is InChI=1S/C9H14O6/c1-5(2)4-15-9(13)7(11)6(10)8(12)14-3/h4,6-7,10-11H,1-3H3. The van der Waals surface area contributed by atoms with Crippen molar-refractivity contribution in [3.8, 4) is 0 Å². The lowest BCUT2D eigenvalue weighted by Gasteiger charge is -2.13. The molecule has 0 spiro atoms. The molecule has 2 N–H and O–H groups in total. The molecule has 6 heteroatoms. The van der Waals surface area contributed by atoms with Gasteiger partial charge in [0.15, 0.2) is 12.2 Å². The SMILES string of the molecule is COC(=O)C(O)C(O)C(=O)OC=C(C)C. The maximum Gasteiger partial charge on any atom is 0.343 e. The van der Waals surface area contributed by atoms with Gasteiger partial charge in [-0.15, -0.1) is 0 Å². The summed E-state index contributed by atoms with van der Waals surface area (Å²) in [7, 11) is 1.03. The lowest BCUT2D eigenvalue weighted by Crippen LogP contribution is -2.40. The molecule has 0 aliphatic carbocycles. The summed E-state index contributed by atoms with van der Waals surface area (Å²) < 4.78 is 8.60. The Kier molecular flexibility index (Phi) is 5.58. The second kappa shape index (κ2) is 6.15. The molecule has 0 saturated carbocycles. The molecule has 0 heterocycles. The summed E-state index contributed by atoms with van der Waals surface area (Å²) in [5.74, 6) is -2.22. The molecule has 6 nitrogen and oxygen atoms in total. The van der Waals surface area contributed by atoms with E-state index in [1.165, 1.54) is 0 Å². The topological polar surface area (TPSA) is 93.1 Å². The molecule has 0 bridgehead atoms. The minimum atomic E-state index is -1.95. The van der Waals surface area contributed by atoms with Crippen molar-refractivity contribution in [2.45, 2.75) is 26.1 Å². The molecular formula is C9H14O6. The van der Waals surface area contributed by atoms with Crippen molar-refractivity contribution in [3.63, 3.8) is 0 Å². The minimum Gasteiger partial charge on any atom is -0.467 e. The van der Waals surface area contributed by atoms with Gasteiger partial charge in [-0.25, -0.2) is 9.59 Å². The van der Waals surface area contributed by atoms with Crippen molar-refractivity contribution >= 4 is 11.9 Å². The van der Waals surface area contributed by atoms with Crippen LogP contribution < -0.4 is 0 Å². The van der Waals surface area contributed by atoms with Crippen molar-refractivity contribution < 1.29 is 29.3 Å². The van der Waals surface area contributed by atoms with E-state index in [1.54, 1.807) is 13.8 Å². The number of allylic oxidation sites excluding steroid dienone is 1. The Bertz CT molecular complexity index is 266. The van der Waals surface area contributed by atoms with Crippen LogP contribution in [0, 0.1) is 0 Å². The highest BCUT2D eigenvalue weighted by atomic mass is 16.6. The molecule has 0 radical (unpaired) electrons. The van der Waals surface area contributed by atoms with Gasteiger partial charge in [0.05, 0.1) is 13.4 Å². The van der Waals surface area contributed by atoms with E-state index in [4.69, 9.17) is 10.2 Å². The molecule has 0 saturated heterocycles. The van der Waals surface area contributed by atoms with Crippen LogP contribution in [0.2, 0.25) is 0 Å². The van der Waals surface area contributed by atoms with E-state index in [1.807, 2.05) is 0 Å². The number of carbonyl (C=O) groups is 2. The number of ether oxygens (including phenoxy) is 2. The Morgan fingerprint density at radius 2 is 1.60 bits per heavy atom. The molecule has 0 aromatic heterocycles. The van der Waals surface area contributed by atoms with Crippen LogP contribution in [-0.4, -0.2) is 41.5 Å². The monoisotopic (exact) mass is 218 g/mol. The molecule has 2 unspecified atom stereocenters. The van der Waals surface area contributed by atoms with E-state index in [2.05, 4.69) is 9.47 Å². The van der Waals surface area contributed by atoms with E-state index in [0.29, 0.717) is 5.57 Å². The van der Waals surface area contributed by atoms with Gasteiger partial charge in [0.25, 0.3) is 0 Å². The fourth-order valence-corrected chi connectivity index (χ4v) is 0.624. The van der Waals surface area contributed by atoms with Crippen molar-refractivity contribution in [2.75, 3.05) is 7.11 Å². The number of hydrogen-bond acceptors (Lipinski definition) is 6. The number of esters is 2. The first-order chi connectivity index (χ1) is 6.90. The number of hydrogen-bond donors (Lipinski definition) is 2. The molecule has 0 aliphatic rings. The maximum atomic E-state index is 11.0. The summed E-state index contributed by atoms with van der Waals surface area (Å²) in [5.41, 5.74) is 0.697. The van der Waals surface area contributed by atoms with Crippen LogP contribution in [0.5, 0.6) is 0 Å². The Labute approximate surface area is 87.1 Å². The molecule has 0 aliphatic heterocycles. The predicted molar refractivity (Wildman–Crippen MR) is 49.6 cm³/mol. The summed E-state index contributed by atoms with van der Waals surface area (Å²) in [4.78, 5) is 21.8. The zero-order valence-corrected chi connectivity index (χ0v) is 8.76. The number of aliphatic hydroxyl groups is 2.